The van der Waals surface area contributed by atoms with Crippen LogP contribution in [0, 0.1) is 5.82 Å². The highest BCUT2D eigenvalue weighted by Crippen LogP contribution is 2.26. The fourth-order valence-electron chi connectivity index (χ4n) is 2.94. The van der Waals surface area contributed by atoms with E-state index in [2.05, 4.69) is 5.32 Å². The van der Waals surface area contributed by atoms with E-state index in [-0.39, 0.29) is 11.5 Å². The summed E-state index contributed by atoms with van der Waals surface area (Å²) in [6, 6.07) is 10.9. The molecule has 0 saturated carbocycles. The molecular weight excluding hydrogens is 323 g/mol. The lowest BCUT2D eigenvalue weighted by atomic mass is 10.1. The molecule has 2 aromatic rings. The Labute approximate surface area is 145 Å². The molecule has 1 atom stereocenters. The summed E-state index contributed by atoms with van der Waals surface area (Å²) in [5.74, 6) is -1.32. The highest BCUT2D eigenvalue weighted by Gasteiger charge is 2.24. The third kappa shape index (κ3) is 3.53. The summed E-state index contributed by atoms with van der Waals surface area (Å²) in [6.45, 7) is 2.15. The molecule has 1 unspecified atom stereocenters. The zero-order valence-corrected chi connectivity index (χ0v) is 13.8. The minimum absolute atomic E-state index is 0.0302. The van der Waals surface area contributed by atoms with Gasteiger partial charge in [0, 0.05) is 29.9 Å². The van der Waals surface area contributed by atoms with Crippen LogP contribution in [0.5, 0.6) is 0 Å². The first-order chi connectivity index (χ1) is 12.0. The van der Waals surface area contributed by atoms with E-state index in [0.717, 1.165) is 6.42 Å². The first-order valence-corrected chi connectivity index (χ1v) is 8.15. The summed E-state index contributed by atoms with van der Waals surface area (Å²) in [7, 11) is 0. The number of halogens is 1. The SMILES string of the molecule is CC(O)c1ccccc1NC(=O)c1cc(N2CCCC2=O)ccc1F. The van der Waals surface area contributed by atoms with Gasteiger partial charge in [0.25, 0.3) is 5.91 Å². The molecule has 130 valence electrons. The zero-order chi connectivity index (χ0) is 18.0. The van der Waals surface area contributed by atoms with Gasteiger partial charge in [-0.05, 0) is 37.6 Å². The molecule has 0 spiro atoms. The van der Waals surface area contributed by atoms with Crippen LogP contribution in [0.15, 0.2) is 42.5 Å². The number of hydrogen-bond donors (Lipinski definition) is 2. The molecule has 1 aliphatic heterocycles. The topological polar surface area (TPSA) is 69.6 Å². The average molecular weight is 342 g/mol. The Hall–Kier alpha value is -2.73. The van der Waals surface area contributed by atoms with Crippen molar-refractivity contribution in [1.82, 2.24) is 0 Å². The second-order valence-corrected chi connectivity index (χ2v) is 6.03. The van der Waals surface area contributed by atoms with Crippen LogP contribution in [-0.2, 0) is 4.79 Å². The van der Waals surface area contributed by atoms with Crippen molar-refractivity contribution < 1.29 is 19.1 Å². The Morgan fingerprint density at radius 2 is 2.04 bits per heavy atom. The number of aliphatic hydroxyl groups excluding tert-OH is 1. The number of para-hydroxylation sites is 1. The van der Waals surface area contributed by atoms with Crippen molar-refractivity contribution in [2.24, 2.45) is 0 Å². The second-order valence-electron chi connectivity index (χ2n) is 6.03. The van der Waals surface area contributed by atoms with Crippen molar-refractivity contribution in [3.8, 4) is 0 Å². The van der Waals surface area contributed by atoms with Gasteiger partial charge < -0.3 is 15.3 Å². The van der Waals surface area contributed by atoms with Gasteiger partial charge in [0.05, 0.1) is 11.7 Å². The zero-order valence-electron chi connectivity index (χ0n) is 13.8. The number of hydrogen-bond acceptors (Lipinski definition) is 3. The summed E-state index contributed by atoms with van der Waals surface area (Å²) in [4.78, 5) is 25.9. The molecule has 2 N–H and O–H groups in total. The maximum absolute atomic E-state index is 14.2. The molecule has 3 rings (SSSR count). The maximum Gasteiger partial charge on any atom is 0.258 e. The fraction of sp³-hybridized carbons (Fsp3) is 0.263. The molecule has 5 nitrogen and oxygen atoms in total. The normalized spacial score (nSPS) is 15.3. The third-order valence-electron chi connectivity index (χ3n) is 4.24. The minimum atomic E-state index is -0.769. The highest BCUT2D eigenvalue weighted by atomic mass is 19.1. The predicted molar refractivity (Wildman–Crippen MR) is 93.0 cm³/mol. The van der Waals surface area contributed by atoms with E-state index in [1.54, 1.807) is 36.1 Å². The Bertz CT molecular complexity index is 820. The van der Waals surface area contributed by atoms with Crippen LogP contribution in [-0.4, -0.2) is 23.5 Å². The number of anilines is 2. The van der Waals surface area contributed by atoms with E-state index >= 15 is 0 Å². The molecule has 0 aromatic heterocycles. The number of carbonyl (C=O) groups is 2. The van der Waals surface area contributed by atoms with Gasteiger partial charge in [-0.2, -0.15) is 0 Å². The van der Waals surface area contributed by atoms with Crippen molar-refractivity contribution in [3.05, 3.63) is 59.4 Å². The Morgan fingerprint density at radius 3 is 2.72 bits per heavy atom. The Morgan fingerprint density at radius 1 is 1.28 bits per heavy atom. The predicted octanol–water partition coefficient (Wildman–Crippen LogP) is 3.26. The van der Waals surface area contributed by atoms with Gasteiger partial charge in [0.2, 0.25) is 5.91 Å². The van der Waals surface area contributed by atoms with Crippen LogP contribution in [0.3, 0.4) is 0 Å². The first kappa shape index (κ1) is 17.1. The summed E-state index contributed by atoms with van der Waals surface area (Å²) >= 11 is 0. The smallest absolute Gasteiger partial charge is 0.258 e. The second kappa shape index (κ2) is 7.03. The number of amides is 2. The number of benzene rings is 2. The first-order valence-electron chi connectivity index (χ1n) is 8.15. The lowest BCUT2D eigenvalue weighted by Crippen LogP contribution is -2.24. The quantitative estimate of drug-likeness (QED) is 0.896. The lowest BCUT2D eigenvalue weighted by molar-refractivity contribution is -0.117. The molecule has 6 heteroatoms. The van der Waals surface area contributed by atoms with Crippen LogP contribution in [0.25, 0.3) is 0 Å². The van der Waals surface area contributed by atoms with Crippen LogP contribution in [0.4, 0.5) is 15.8 Å². The largest absolute Gasteiger partial charge is 0.389 e. The number of nitrogens with zero attached hydrogens (tertiary/aromatic N) is 1. The number of nitrogens with one attached hydrogen (secondary N) is 1. The van der Waals surface area contributed by atoms with Gasteiger partial charge in [0.1, 0.15) is 5.82 Å². The van der Waals surface area contributed by atoms with E-state index in [1.807, 2.05) is 0 Å². The molecule has 2 aromatic carbocycles. The van der Waals surface area contributed by atoms with Gasteiger partial charge in [-0.15, -0.1) is 0 Å². The van der Waals surface area contributed by atoms with Crippen molar-refractivity contribution in [1.29, 1.82) is 0 Å². The van der Waals surface area contributed by atoms with E-state index in [0.29, 0.717) is 29.9 Å². The van der Waals surface area contributed by atoms with Crippen LogP contribution in [0.2, 0.25) is 0 Å². The van der Waals surface area contributed by atoms with Crippen LogP contribution in [0.1, 0.15) is 41.8 Å². The minimum Gasteiger partial charge on any atom is -0.389 e. The van der Waals surface area contributed by atoms with E-state index in [9.17, 15) is 19.1 Å². The molecular formula is C19H19FN2O3. The van der Waals surface area contributed by atoms with E-state index < -0.39 is 17.8 Å². The molecule has 25 heavy (non-hydrogen) atoms. The van der Waals surface area contributed by atoms with E-state index in [1.165, 1.54) is 18.2 Å². The molecule has 1 aliphatic rings. The van der Waals surface area contributed by atoms with Gasteiger partial charge in [0.15, 0.2) is 0 Å². The fourth-order valence-corrected chi connectivity index (χ4v) is 2.94. The van der Waals surface area contributed by atoms with Crippen LogP contribution >= 0.6 is 0 Å². The molecule has 1 saturated heterocycles. The average Bonchev–Trinajstić information content (AvgIpc) is 3.01. The van der Waals surface area contributed by atoms with Crippen LogP contribution < -0.4 is 10.2 Å². The molecule has 1 fully saturated rings. The Balaban J connectivity index is 1.89. The lowest BCUT2D eigenvalue weighted by Gasteiger charge is -2.17. The molecule has 0 radical (unpaired) electrons. The summed E-state index contributed by atoms with van der Waals surface area (Å²) < 4.78 is 14.2. The summed E-state index contributed by atoms with van der Waals surface area (Å²) in [5, 5.41) is 12.4. The van der Waals surface area contributed by atoms with Crippen molar-refractivity contribution in [2.45, 2.75) is 25.9 Å². The van der Waals surface area contributed by atoms with Crippen molar-refractivity contribution >= 4 is 23.2 Å². The number of carbonyl (C=O) groups excluding carboxylic acids is 2. The Kier molecular flexibility index (Phi) is 4.81. The van der Waals surface area contributed by atoms with Gasteiger partial charge >= 0.3 is 0 Å². The van der Waals surface area contributed by atoms with E-state index in [4.69, 9.17) is 0 Å². The van der Waals surface area contributed by atoms with Gasteiger partial charge in [-0.3, -0.25) is 9.59 Å². The van der Waals surface area contributed by atoms with Crippen molar-refractivity contribution in [2.75, 3.05) is 16.8 Å². The monoisotopic (exact) mass is 342 g/mol. The molecule has 2 amide bonds. The maximum atomic E-state index is 14.2. The van der Waals surface area contributed by atoms with Gasteiger partial charge in [-0.25, -0.2) is 4.39 Å². The standard InChI is InChI=1S/C19H19FN2O3/c1-12(23)14-5-2-3-6-17(14)21-19(25)15-11-13(8-9-16(15)20)22-10-4-7-18(22)24/h2-3,5-6,8-9,11-12,23H,4,7,10H2,1H3,(H,21,25). The molecule has 1 heterocycles. The number of aliphatic hydroxyl groups is 1. The highest BCUT2D eigenvalue weighted by molar-refractivity contribution is 6.06. The van der Waals surface area contributed by atoms with Gasteiger partial charge in [-0.1, -0.05) is 18.2 Å². The summed E-state index contributed by atoms with van der Waals surface area (Å²) in [5.41, 5.74) is 1.34. The molecule has 0 aliphatic carbocycles. The number of rotatable bonds is 4. The molecule has 0 bridgehead atoms. The summed E-state index contributed by atoms with van der Waals surface area (Å²) in [6.07, 6.45) is 0.440. The van der Waals surface area contributed by atoms with Crippen molar-refractivity contribution in [3.63, 3.8) is 0 Å². The third-order valence-corrected chi connectivity index (χ3v) is 4.24.